The Morgan fingerprint density at radius 2 is 1.67 bits per heavy atom. The second-order valence-corrected chi connectivity index (χ2v) is 8.94. The van der Waals surface area contributed by atoms with E-state index in [2.05, 4.69) is 82.0 Å². The van der Waals surface area contributed by atoms with E-state index in [0.29, 0.717) is 6.42 Å². The van der Waals surface area contributed by atoms with Crippen molar-refractivity contribution in [3.8, 4) is 17.2 Å². The van der Waals surface area contributed by atoms with Gasteiger partial charge in [-0.15, -0.1) is 11.3 Å². The number of nitrogens with one attached hydrogen (secondary N) is 1. The highest BCUT2D eigenvalue weighted by molar-refractivity contribution is 7.26. The molecule has 0 amide bonds. The number of fused-ring (bicyclic) bond motifs is 4. The Morgan fingerprint density at radius 3 is 2.55 bits per heavy atom. The van der Waals surface area contributed by atoms with Gasteiger partial charge in [0.05, 0.1) is 18.0 Å². The van der Waals surface area contributed by atoms with Crippen LogP contribution in [0.1, 0.15) is 5.56 Å². The van der Waals surface area contributed by atoms with E-state index in [-0.39, 0.29) is 0 Å². The fraction of sp³-hybridized carbons (Fsp3) is 0.0357. The Morgan fingerprint density at radius 1 is 0.818 bits per heavy atom. The first kappa shape index (κ1) is 19.4. The number of hydrogen-bond acceptors (Lipinski definition) is 5. The Hall–Kier alpha value is -4.27. The highest BCUT2D eigenvalue weighted by Crippen LogP contribution is 2.40. The molecule has 0 atom stereocenters. The lowest BCUT2D eigenvalue weighted by Crippen LogP contribution is -1.96. The van der Waals surface area contributed by atoms with Crippen LogP contribution >= 0.6 is 11.3 Å². The van der Waals surface area contributed by atoms with Crippen molar-refractivity contribution in [2.24, 2.45) is 0 Å². The lowest BCUT2D eigenvalue weighted by atomic mass is 10.0. The SMILES string of the molecule is N#CCc1ccc(Nc2ncnc3ccc(-c4cccc5c4sc4ccccc45)cc23)cc1. The highest BCUT2D eigenvalue weighted by Gasteiger charge is 2.12. The third-order valence-corrected chi connectivity index (χ3v) is 7.07. The van der Waals surface area contributed by atoms with Gasteiger partial charge < -0.3 is 5.32 Å². The molecule has 1 N–H and O–H groups in total. The molecule has 156 valence electrons. The molecular weight excluding hydrogens is 424 g/mol. The molecule has 2 heterocycles. The molecule has 6 rings (SSSR count). The molecule has 0 fully saturated rings. The van der Waals surface area contributed by atoms with Crippen LogP contribution in [0.2, 0.25) is 0 Å². The maximum atomic E-state index is 8.89. The van der Waals surface area contributed by atoms with Gasteiger partial charge in [0.1, 0.15) is 12.1 Å². The molecular formula is C28H18N4S. The molecule has 33 heavy (non-hydrogen) atoms. The zero-order valence-electron chi connectivity index (χ0n) is 17.6. The second kappa shape index (κ2) is 8.01. The molecule has 6 aromatic rings. The summed E-state index contributed by atoms with van der Waals surface area (Å²) in [5, 5.41) is 15.9. The van der Waals surface area contributed by atoms with E-state index < -0.39 is 0 Å². The predicted molar refractivity (Wildman–Crippen MR) is 137 cm³/mol. The van der Waals surface area contributed by atoms with Crippen LogP contribution in [0.4, 0.5) is 11.5 Å². The number of nitriles is 1. The first-order valence-corrected chi connectivity index (χ1v) is 11.5. The minimum atomic E-state index is 0.406. The van der Waals surface area contributed by atoms with E-state index in [1.54, 1.807) is 6.33 Å². The summed E-state index contributed by atoms with van der Waals surface area (Å²) < 4.78 is 2.59. The van der Waals surface area contributed by atoms with Crippen molar-refractivity contribution in [2.75, 3.05) is 5.32 Å². The molecule has 0 unspecified atom stereocenters. The predicted octanol–water partition coefficient (Wildman–Crippen LogP) is 7.47. The maximum absolute atomic E-state index is 8.89. The minimum absolute atomic E-state index is 0.406. The lowest BCUT2D eigenvalue weighted by Gasteiger charge is -2.11. The van der Waals surface area contributed by atoms with E-state index in [4.69, 9.17) is 5.26 Å². The van der Waals surface area contributed by atoms with Crippen LogP contribution < -0.4 is 5.32 Å². The summed E-state index contributed by atoms with van der Waals surface area (Å²) in [6.07, 6.45) is 1.99. The largest absolute Gasteiger partial charge is 0.340 e. The van der Waals surface area contributed by atoms with Crippen molar-refractivity contribution in [1.29, 1.82) is 5.26 Å². The Bertz CT molecular complexity index is 1680. The van der Waals surface area contributed by atoms with Gasteiger partial charge in [-0.05, 0) is 47.0 Å². The van der Waals surface area contributed by atoms with Gasteiger partial charge in [-0.25, -0.2) is 9.97 Å². The molecule has 0 saturated carbocycles. The monoisotopic (exact) mass is 442 g/mol. The molecule has 0 bridgehead atoms. The molecule has 0 aliphatic rings. The quantitative estimate of drug-likeness (QED) is 0.307. The number of anilines is 2. The normalized spacial score (nSPS) is 11.1. The molecule has 0 aliphatic carbocycles. The molecule has 0 radical (unpaired) electrons. The van der Waals surface area contributed by atoms with Gasteiger partial charge in [-0.2, -0.15) is 5.26 Å². The average molecular weight is 443 g/mol. The first-order valence-electron chi connectivity index (χ1n) is 10.7. The summed E-state index contributed by atoms with van der Waals surface area (Å²) in [4.78, 5) is 8.99. The van der Waals surface area contributed by atoms with Crippen molar-refractivity contribution in [3.63, 3.8) is 0 Å². The Balaban J connectivity index is 1.46. The summed E-state index contributed by atoms with van der Waals surface area (Å²) >= 11 is 1.83. The molecule has 0 saturated heterocycles. The van der Waals surface area contributed by atoms with Gasteiger partial charge in [0.15, 0.2) is 0 Å². The van der Waals surface area contributed by atoms with Crippen molar-refractivity contribution in [1.82, 2.24) is 9.97 Å². The standard InChI is InChI=1S/C28H18N4S/c29-15-14-18-8-11-20(12-9-18)32-28-24-16-19(10-13-25(24)30-17-31-28)21-5-3-6-23-22-4-1-2-7-26(22)33-27(21)23/h1-13,16-17H,14H2,(H,30,31,32). The summed E-state index contributed by atoms with van der Waals surface area (Å²) in [5.41, 5.74) is 5.16. The third kappa shape index (κ3) is 3.47. The number of hydrogen-bond donors (Lipinski definition) is 1. The van der Waals surface area contributed by atoms with Crippen LogP contribution in [0.5, 0.6) is 0 Å². The van der Waals surface area contributed by atoms with Gasteiger partial charge in [0, 0.05) is 31.2 Å². The summed E-state index contributed by atoms with van der Waals surface area (Å²) in [6.45, 7) is 0. The number of nitrogens with zero attached hydrogens (tertiary/aromatic N) is 3. The van der Waals surface area contributed by atoms with Crippen LogP contribution in [0.25, 0.3) is 42.2 Å². The fourth-order valence-corrected chi connectivity index (χ4v) is 5.47. The Labute approximate surface area is 194 Å². The fourth-order valence-electron chi connectivity index (χ4n) is 4.23. The molecule has 4 nitrogen and oxygen atoms in total. The van der Waals surface area contributed by atoms with Gasteiger partial charge in [-0.1, -0.05) is 54.6 Å². The van der Waals surface area contributed by atoms with Crippen LogP contribution in [-0.4, -0.2) is 9.97 Å². The van der Waals surface area contributed by atoms with Gasteiger partial charge in [-0.3, -0.25) is 0 Å². The van der Waals surface area contributed by atoms with E-state index in [1.807, 2.05) is 35.6 Å². The van der Waals surface area contributed by atoms with Gasteiger partial charge >= 0.3 is 0 Å². The van der Waals surface area contributed by atoms with Crippen LogP contribution in [-0.2, 0) is 6.42 Å². The van der Waals surface area contributed by atoms with Crippen molar-refractivity contribution in [3.05, 3.63) is 96.8 Å². The number of aromatic nitrogens is 2. The molecule has 4 aromatic carbocycles. The van der Waals surface area contributed by atoms with E-state index >= 15 is 0 Å². The van der Waals surface area contributed by atoms with Crippen LogP contribution in [0.3, 0.4) is 0 Å². The number of benzene rings is 4. The zero-order chi connectivity index (χ0) is 22.2. The first-order chi connectivity index (χ1) is 16.3. The highest BCUT2D eigenvalue weighted by atomic mass is 32.1. The third-order valence-electron chi connectivity index (χ3n) is 5.85. The van der Waals surface area contributed by atoms with Crippen molar-refractivity contribution >= 4 is 53.9 Å². The Kier molecular flexibility index (Phi) is 4.71. The van der Waals surface area contributed by atoms with Gasteiger partial charge in [0.2, 0.25) is 0 Å². The van der Waals surface area contributed by atoms with Crippen molar-refractivity contribution < 1.29 is 0 Å². The summed E-state index contributed by atoms with van der Waals surface area (Å²) in [7, 11) is 0. The number of thiophene rings is 1. The molecule has 2 aromatic heterocycles. The average Bonchev–Trinajstić information content (AvgIpc) is 3.24. The van der Waals surface area contributed by atoms with E-state index in [9.17, 15) is 0 Å². The van der Waals surface area contributed by atoms with E-state index in [0.717, 1.165) is 33.5 Å². The lowest BCUT2D eigenvalue weighted by molar-refractivity contribution is 1.21. The molecule has 5 heteroatoms. The zero-order valence-corrected chi connectivity index (χ0v) is 18.4. The maximum Gasteiger partial charge on any atom is 0.141 e. The number of rotatable bonds is 4. The van der Waals surface area contributed by atoms with E-state index in [1.165, 1.54) is 25.7 Å². The smallest absolute Gasteiger partial charge is 0.141 e. The minimum Gasteiger partial charge on any atom is -0.340 e. The van der Waals surface area contributed by atoms with Crippen LogP contribution in [0.15, 0.2) is 91.3 Å². The molecule has 0 aliphatic heterocycles. The molecule has 0 spiro atoms. The second-order valence-electron chi connectivity index (χ2n) is 7.89. The topological polar surface area (TPSA) is 61.6 Å². The summed E-state index contributed by atoms with van der Waals surface area (Å²) in [5.74, 6) is 0.762. The summed E-state index contributed by atoms with van der Waals surface area (Å²) in [6, 6.07) is 31.5. The van der Waals surface area contributed by atoms with Gasteiger partial charge in [0.25, 0.3) is 0 Å². The van der Waals surface area contributed by atoms with Crippen LogP contribution in [0, 0.1) is 11.3 Å². The van der Waals surface area contributed by atoms with Crippen molar-refractivity contribution in [2.45, 2.75) is 6.42 Å².